The predicted octanol–water partition coefficient (Wildman–Crippen LogP) is 5.98. The Labute approximate surface area is 176 Å². The van der Waals surface area contributed by atoms with Crippen molar-refractivity contribution in [1.29, 1.82) is 0 Å². The smallest absolute Gasteiger partial charge is 0.0637 e. The van der Waals surface area contributed by atoms with E-state index in [4.69, 9.17) is 0 Å². The maximum Gasteiger partial charge on any atom is 0.0637 e. The van der Waals surface area contributed by atoms with Crippen molar-refractivity contribution in [3.05, 3.63) is 108 Å². The normalized spacial score (nSPS) is 10.4. The Hall–Kier alpha value is -1.83. The van der Waals surface area contributed by atoms with Crippen LogP contribution in [0, 0.1) is 20.4 Å². The second-order valence-corrected chi connectivity index (χ2v) is 5.40. The van der Waals surface area contributed by atoms with E-state index in [1.807, 2.05) is 54.6 Å². The molecule has 0 unspecified atom stereocenters. The average Bonchev–Trinajstić information content (AvgIpc) is 2.61. The van der Waals surface area contributed by atoms with Crippen molar-refractivity contribution in [2.24, 2.45) is 0 Å². The monoisotopic (exact) mass is 400 g/mol. The molecule has 0 saturated carbocycles. The first-order chi connectivity index (χ1) is 11.3. The Morgan fingerprint density at radius 1 is 0.720 bits per heavy atom. The van der Waals surface area contributed by atoms with Crippen molar-refractivity contribution in [2.45, 2.75) is 6.92 Å². The molecule has 2 heteroatoms. The number of aromatic nitrogens is 1. The van der Waals surface area contributed by atoms with Crippen molar-refractivity contribution < 1.29 is 32.7 Å². The SMILES string of the molecule is Cc1ccc(/C=C/c2cccc(/C=C/c3cc[c-]cc3)n2)cc1.[CH3-].[Y]. The summed E-state index contributed by atoms with van der Waals surface area (Å²) in [6.07, 6.45) is 8.21. The topological polar surface area (TPSA) is 12.9 Å². The second kappa shape index (κ2) is 10.9. The van der Waals surface area contributed by atoms with Crippen LogP contribution in [-0.2, 0) is 32.7 Å². The Bertz CT molecular complexity index is 818. The average molecular weight is 400 g/mol. The van der Waals surface area contributed by atoms with Crippen molar-refractivity contribution in [2.75, 3.05) is 0 Å². The molecule has 3 aromatic rings. The van der Waals surface area contributed by atoms with E-state index in [1.165, 1.54) is 11.1 Å². The number of benzene rings is 2. The van der Waals surface area contributed by atoms with Crippen molar-refractivity contribution in [1.82, 2.24) is 4.98 Å². The summed E-state index contributed by atoms with van der Waals surface area (Å²) in [5.74, 6) is 0. The third-order valence-corrected chi connectivity index (χ3v) is 3.51. The van der Waals surface area contributed by atoms with Gasteiger partial charge >= 0.3 is 0 Å². The molecule has 25 heavy (non-hydrogen) atoms. The van der Waals surface area contributed by atoms with Gasteiger partial charge in [0.05, 0.1) is 11.4 Å². The zero-order valence-electron chi connectivity index (χ0n) is 14.7. The Balaban J connectivity index is 0.00000156. The van der Waals surface area contributed by atoms with Gasteiger partial charge in [-0.3, -0.25) is 0 Å². The summed E-state index contributed by atoms with van der Waals surface area (Å²) in [5, 5.41) is 0. The number of pyridine rings is 1. The van der Waals surface area contributed by atoms with E-state index in [0.717, 1.165) is 17.0 Å². The van der Waals surface area contributed by atoms with Crippen molar-refractivity contribution in [3.8, 4) is 0 Å². The quantitative estimate of drug-likeness (QED) is 0.491. The zero-order chi connectivity index (χ0) is 15.9. The first-order valence-electron chi connectivity index (χ1n) is 7.66. The Morgan fingerprint density at radius 3 is 1.80 bits per heavy atom. The van der Waals surface area contributed by atoms with Crippen LogP contribution in [0.5, 0.6) is 0 Å². The third kappa shape index (κ3) is 6.90. The Kier molecular flexibility index (Phi) is 9.27. The van der Waals surface area contributed by atoms with Crippen LogP contribution in [0.3, 0.4) is 0 Å². The molecule has 0 aliphatic rings. The number of hydrogen-bond acceptors (Lipinski definition) is 1. The van der Waals surface area contributed by atoms with Crippen molar-refractivity contribution in [3.63, 3.8) is 0 Å². The van der Waals surface area contributed by atoms with E-state index in [9.17, 15) is 0 Å². The molecular weight excluding hydrogens is 379 g/mol. The first kappa shape index (κ1) is 21.2. The maximum absolute atomic E-state index is 4.64. The van der Waals surface area contributed by atoms with Crippen LogP contribution in [0.1, 0.15) is 28.1 Å². The summed E-state index contributed by atoms with van der Waals surface area (Å²) in [6, 6.07) is 25.4. The van der Waals surface area contributed by atoms with Crippen LogP contribution < -0.4 is 0 Å². The van der Waals surface area contributed by atoms with Crippen LogP contribution in [-0.4, -0.2) is 4.98 Å². The summed E-state index contributed by atoms with van der Waals surface area (Å²) in [5.41, 5.74) is 5.49. The van der Waals surface area contributed by atoms with E-state index in [1.54, 1.807) is 0 Å². The van der Waals surface area contributed by atoms with Gasteiger partial charge in [0, 0.05) is 32.7 Å². The molecule has 2 aromatic carbocycles. The number of rotatable bonds is 4. The fraction of sp³-hybridized carbons (Fsp3) is 0.0435. The molecule has 0 atom stereocenters. The molecule has 123 valence electrons. The van der Waals surface area contributed by atoms with Crippen LogP contribution >= 0.6 is 0 Å². The molecule has 0 aliphatic carbocycles. The molecular formula is C23H21NY-2. The molecule has 1 heterocycles. The summed E-state index contributed by atoms with van der Waals surface area (Å²) in [6.45, 7) is 2.09. The van der Waals surface area contributed by atoms with Gasteiger partial charge in [0.2, 0.25) is 0 Å². The van der Waals surface area contributed by atoms with Gasteiger partial charge in [-0.2, -0.15) is 30.3 Å². The zero-order valence-corrected chi connectivity index (χ0v) is 17.5. The minimum absolute atomic E-state index is 0. The molecule has 0 bridgehead atoms. The van der Waals surface area contributed by atoms with E-state index in [-0.39, 0.29) is 40.1 Å². The van der Waals surface area contributed by atoms with Crippen LogP contribution in [0.2, 0.25) is 0 Å². The first-order valence-corrected chi connectivity index (χ1v) is 7.66. The molecule has 0 N–H and O–H groups in total. The Morgan fingerprint density at radius 2 is 1.24 bits per heavy atom. The van der Waals surface area contributed by atoms with Gasteiger partial charge in [-0.05, 0) is 36.8 Å². The van der Waals surface area contributed by atoms with E-state index in [0.29, 0.717) is 0 Å². The van der Waals surface area contributed by atoms with Crippen LogP contribution in [0.15, 0.2) is 66.7 Å². The van der Waals surface area contributed by atoms with Crippen LogP contribution in [0.4, 0.5) is 0 Å². The van der Waals surface area contributed by atoms with Gasteiger partial charge in [0.25, 0.3) is 0 Å². The molecule has 0 saturated heterocycles. The summed E-state index contributed by atoms with van der Waals surface area (Å²) in [4.78, 5) is 4.64. The molecule has 0 amide bonds. The molecule has 3 rings (SSSR count). The minimum Gasteiger partial charge on any atom is -0.358 e. The predicted molar refractivity (Wildman–Crippen MR) is 105 cm³/mol. The largest absolute Gasteiger partial charge is 0.358 e. The number of hydrogen-bond donors (Lipinski definition) is 0. The standard InChI is InChI=1S/C22H18N.CH3.Y/c1-18-10-12-20(13-11-18)15-17-22-9-5-8-21(23-22)16-14-19-6-3-2-4-7-19;;/h3-17H,1H3;1H3;/q2*-1;/b16-14+,17-15+;;. The summed E-state index contributed by atoms with van der Waals surface area (Å²) < 4.78 is 0. The van der Waals surface area contributed by atoms with Crippen molar-refractivity contribution >= 4 is 24.3 Å². The summed E-state index contributed by atoms with van der Waals surface area (Å²) in [7, 11) is 0. The van der Waals surface area contributed by atoms with Gasteiger partial charge < -0.3 is 7.43 Å². The van der Waals surface area contributed by atoms with Gasteiger partial charge in [0.1, 0.15) is 0 Å². The molecule has 1 aromatic heterocycles. The fourth-order valence-electron chi connectivity index (χ4n) is 2.21. The van der Waals surface area contributed by atoms with E-state index in [2.05, 4.69) is 54.4 Å². The number of aryl methyl sites for hydroxylation is 1. The molecule has 1 nitrogen and oxygen atoms in total. The van der Waals surface area contributed by atoms with Gasteiger partial charge in [0.15, 0.2) is 0 Å². The second-order valence-electron chi connectivity index (χ2n) is 5.40. The van der Waals surface area contributed by atoms with Gasteiger partial charge in [-0.25, -0.2) is 4.98 Å². The maximum atomic E-state index is 4.64. The van der Waals surface area contributed by atoms with E-state index >= 15 is 0 Å². The van der Waals surface area contributed by atoms with Gasteiger partial charge in [-0.15, -0.1) is 5.56 Å². The third-order valence-electron chi connectivity index (χ3n) is 3.51. The summed E-state index contributed by atoms with van der Waals surface area (Å²) >= 11 is 0. The minimum atomic E-state index is 0. The molecule has 0 fully saturated rings. The number of nitrogens with zero attached hydrogens (tertiary/aromatic N) is 1. The fourth-order valence-corrected chi connectivity index (χ4v) is 2.21. The van der Waals surface area contributed by atoms with E-state index < -0.39 is 0 Å². The van der Waals surface area contributed by atoms with Gasteiger partial charge in [-0.1, -0.05) is 48.0 Å². The molecule has 1 radical (unpaired) electrons. The molecule has 0 aliphatic heterocycles. The molecule has 0 spiro atoms. The van der Waals surface area contributed by atoms with Crippen LogP contribution in [0.25, 0.3) is 24.3 Å².